The molecule has 12 heteroatoms. The molecule has 0 saturated heterocycles. The summed E-state index contributed by atoms with van der Waals surface area (Å²) in [4.78, 5) is 37.3. The molecule has 1 fully saturated rings. The van der Waals surface area contributed by atoms with Gasteiger partial charge in [-0.25, -0.2) is 4.79 Å². The second-order valence-electron chi connectivity index (χ2n) is 6.97. The number of amides is 2. The maximum atomic E-state index is 12.5. The van der Waals surface area contributed by atoms with Crippen LogP contribution in [0.25, 0.3) is 5.69 Å². The molecule has 0 radical (unpaired) electrons. The fourth-order valence-corrected chi connectivity index (χ4v) is 3.43. The van der Waals surface area contributed by atoms with E-state index < -0.39 is 5.69 Å². The molecule has 30 heavy (non-hydrogen) atoms. The van der Waals surface area contributed by atoms with Crippen molar-refractivity contribution in [1.29, 1.82) is 0 Å². The number of aromatic nitrogens is 6. The average Bonchev–Trinajstić information content (AvgIpc) is 3.29. The van der Waals surface area contributed by atoms with Gasteiger partial charge in [0.15, 0.2) is 0 Å². The van der Waals surface area contributed by atoms with E-state index in [-0.39, 0.29) is 24.4 Å². The lowest BCUT2D eigenvalue weighted by Crippen LogP contribution is -2.34. The number of tetrazole rings is 1. The predicted molar refractivity (Wildman–Crippen MR) is 109 cm³/mol. The van der Waals surface area contributed by atoms with Gasteiger partial charge in [-0.3, -0.25) is 9.59 Å². The van der Waals surface area contributed by atoms with Gasteiger partial charge in [0.05, 0.1) is 11.4 Å². The molecule has 156 valence electrons. The number of nitrogens with one attached hydrogen (secondary N) is 2. The molecule has 1 aromatic carbocycles. The quantitative estimate of drug-likeness (QED) is 0.540. The van der Waals surface area contributed by atoms with Crippen LogP contribution in [0.15, 0.2) is 29.1 Å². The van der Waals surface area contributed by atoms with Crippen molar-refractivity contribution < 1.29 is 9.59 Å². The molecular formula is C18H20N8O3S. The summed E-state index contributed by atoms with van der Waals surface area (Å²) in [5.41, 5.74) is 1.20. The molecule has 1 saturated carbocycles. The van der Waals surface area contributed by atoms with Crippen molar-refractivity contribution >= 4 is 29.0 Å². The van der Waals surface area contributed by atoms with E-state index >= 15 is 0 Å². The minimum atomic E-state index is -0.516. The number of carbonyl (C=O) groups excluding carboxylic acids is 2. The first-order valence-electron chi connectivity index (χ1n) is 9.60. The van der Waals surface area contributed by atoms with Crippen molar-refractivity contribution in [2.45, 2.75) is 45.2 Å². The minimum absolute atomic E-state index is 0.174. The normalized spacial score (nSPS) is 13.2. The Morgan fingerprint density at radius 1 is 1.20 bits per heavy atom. The standard InChI is InChI=1S/C18H20N8O3S/c1-2-3-14-16(30-24-21-14)17(28)20-12-6-8-13(9-7-12)26-18(29)25(22-23-26)10-15(27)19-11-4-5-11/h6-9,11H,2-5,10H2,1H3,(H,19,27)(H,20,28). The van der Waals surface area contributed by atoms with Crippen LogP contribution in [-0.4, -0.2) is 47.2 Å². The van der Waals surface area contributed by atoms with Crippen LogP contribution in [-0.2, 0) is 17.8 Å². The third-order valence-electron chi connectivity index (χ3n) is 4.49. The molecule has 1 aliphatic carbocycles. The van der Waals surface area contributed by atoms with E-state index in [4.69, 9.17) is 0 Å². The fourth-order valence-electron chi connectivity index (χ4n) is 2.83. The van der Waals surface area contributed by atoms with Crippen molar-refractivity contribution in [1.82, 2.24) is 34.7 Å². The number of hydrogen-bond donors (Lipinski definition) is 2. The third-order valence-corrected chi connectivity index (χ3v) is 5.26. The van der Waals surface area contributed by atoms with E-state index in [9.17, 15) is 14.4 Å². The summed E-state index contributed by atoms with van der Waals surface area (Å²) < 4.78 is 5.97. The summed E-state index contributed by atoms with van der Waals surface area (Å²) in [6.07, 6.45) is 3.50. The highest BCUT2D eigenvalue weighted by Gasteiger charge is 2.24. The van der Waals surface area contributed by atoms with Gasteiger partial charge >= 0.3 is 5.69 Å². The van der Waals surface area contributed by atoms with Crippen molar-refractivity contribution in [2.75, 3.05) is 5.32 Å². The van der Waals surface area contributed by atoms with Crippen LogP contribution < -0.4 is 16.3 Å². The van der Waals surface area contributed by atoms with Crippen LogP contribution in [0.4, 0.5) is 5.69 Å². The first-order chi connectivity index (χ1) is 14.5. The number of carbonyl (C=O) groups is 2. The van der Waals surface area contributed by atoms with Crippen molar-refractivity contribution in [3.63, 3.8) is 0 Å². The average molecular weight is 428 g/mol. The zero-order chi connectivity index (χ0) is 21.1. The molecule has 0 aliphatic heterocycles. The lowest BCUT2D eigenvalue weighted by atomic mass is 10.2. The van der Waals surface area contributed by atoms with Gasteiger partial charge in [0.1, 0.15) is 11.4 Å². The van der Waals surface area contributed by atoms with Crippen molar-refractivity contribution in [2.24, 2.45) is 0 Å². The molecular weight excluding hydrogens is 408 g/mol. The zero-order valence-corrected chi connectivity index (χ0v) is 17.1. The molecule has 11 nitrogen and oxygen atoms in total. The topological polar surface area (TPSA) is 137 Å². The van der Waals surface area contributed by atoms with E-state index in [2.05, 4.69) is 30.6 Å². The van der Waals surface area contributed by atoms with Gasteiger partial charge in [-0.05, 0) is 65.5 Å². The second kappa shape index (κ2) is 8.53. The number of nitrogens with zero attached hydrogens (tertiary/aromatic N) is 6. The van der Waals surface area contributed by atoms with Gasteiger partial charge in [-0.1, -0.05) is 17.8 Å². The minimum Gasteiger partial charge on any atom is -0.352 e. The molecule has 2 amide bonds. The van der Waals surface area contributed by atoms with Gasteiger partial charge in [0.2, 0.25) is 5.91 Å². The molecule has 1 aliphatic rings. The van der Waals surface area contributed by atoms with Crippen LogP contribution >= 0.6 is 11.5 Å². The molecule has 0 spiro atoms. The second-order valence-corrected chi connectivity index (χ2v) is 7.73. The highest BCUT2D eigenvalue weighted by atomic mass is 32.1. The Morgan fingerprint density at radius 3 is 2.67 bits per heavy atom. The van der Waals surface area contributed by atoms with Gasteiger partial charge in [0.25, 0.3) is 5.91 Å². The van der Waals surface area contributed by atoms with E-state index in [0.717, 1.165) is 40.2 Å². The molecule has 2 heterocycles. The van der Waals surface area contributed by atoms with Crippen LogP contribution in [0.2, 0.25) is 0 Å². The fraction of sp³-hybridized carbons (Fsp3) is 0.389. The Bertz CT molecular complexity index is 1110. The monoisotopic (exact) mass is 428 g/mol. The predicted octanol–water partition coefficient (Wildman–Crippen LogP) is 0.764. The molecule has 0 atom stereocenters. The Kier molecular flexibility index (Phi) is 5.65. The molecule has 2 N–H and O–H groups in total. The molecule has 2 aromatic heterocycles. The number of hydrogen-bond acceptors (Lipinski definition) is 8. The molecule has 0 bridgehead atoms. The Balaban J connectivity index is 1.43. The lowest BCUT2D eigenvalue weighted by molar-refractivity contribution is -0.122. The zero-order valence-electron chi connectivity index (χ0n) is 16.2. The summed E-state index contributed by atoms with van der Waals surface area (Å²) in [6, 6.07) is 6.81. The largest absolute Gasteiger partial charge is 0.368 e. The van der Waals surface area contributed by atoms with Crippen LogP contribution in [0.5, 0.6) is 0 Å². The highest BCUT2D eigenvalue weighted by Crippen LogP contribution is 2.18. The Labute approximate surface area is 175 Å². The van der Waals surface area contributed by atoms with E-state index in [1.165, 1.54) is 0 Å². The molecule has 0 unspecified atom stereocenters. The van der Waals surface area contributed by atoms with Crippen molar-refractivity contribution in [3.05, 3.63) is 45.3 Å². The first-order valence-corrected chi connectivity index (χ1v) is 10.4. The molecule has 3 aromatic rings. The summed E-state index contributed by atoms with van der Waals surface area (Å²) in [5.74, 6) is -0.532. The lowest BCUT2D eigenvalue weighted by Gasteiger charge is -2.05. The SMILES string of the molecule is CCCc1nnsc1C(=O)Nc1ccc(-n2nnn(CC(=O)NC3CC3)c2=O)cc1. The number of aryl methyl sites for hydroxylation is 1. The van der Waals surface area contributed by atoms with Crippen LogP contribution in [0, 0.1) is 0 Å². The summed E-state index contributed by atoms with van der Waals surface area (Å²) >= 11 is 1.06. The summed E-state index contributed by atoms with van der Waals surface area (Å²) in [7, 11) is 0. The number of rotatable bonds is 8. The van der Waals surface area contributed by atoms with Gasteiger partial charge in [-0.2, -0.15) is 9.36 Å². The van der Waals surface area contributed by atoms with Crippen LogP contribution in [0.1, 0.15) is 41.6 Å². The van der Waals surface area contributed by atoms with E-state index in [1.807, 2.05) is 6.92 Å². The number of benzene rings is 1. The van der Waals surface area contributed by atoms with E-state index in [0.29, 0.717) is 28.4 Å². The maximum Gasteiger partial charge on any atom is 0.368 e. The maximum absolute atomic E-state index is 12.5. The highest BCUT2D eigenvalue weighted by molar-refractivity contribution is 7.08. The Hall–Kier alpha value is -3.41. The summed E-state index contributed by atoms with van der Waals surface area (Å²) in [5, 5.41) is 17.2. The Morgan fingerprint density at radius 2 is 1.97 bits per heavy atom. The summed E-state index contributed by atoms with van der Waals surface area (Å²) in [6.45, 7) is 1.84. The van der Waals surface area contributed by atoms with Gasteiger partial charge < -0.3 is 10.6 Å². The van der Waals surface area contributed by atoms with Crippen LogP contribution in [0.3, 0.4) is 0 Å². The van der Waals surface area contributed by atoms with E-state index in [1.54, 1.807) is 24.3 Å². The van der Waals surface area contributed by atoms with Crippen molar-refractivity contribution in [3.8, 4) is 5.69 Å². The van der Waals surface area contributed by atoms with Gasteiger partial charge in [0, 0.05) is 11.7 Å². The van der Waals surface area contributed by atoms with Gasteiger partial charge in [-0.15, -0.1) is 5.10 Å². The third kappa shape index (κ3) is 4.43. The first kappa shape index (κ1) is 19.9. The smallest absolute Gasteiger partial charge is 0.352 e. The number of anilines is 1. The molecule has 4 rings (SSSR count).